The van der Waals surface area contributed by atoms with Gasteiger partial charge in [-0.1, -0.05) is 0 Å². The van der Waals surface area contributed by atoms with Crippen LogP contribution in [0.5, 0.6) is 5.75 Å². The molecule has 1 amide bonds. The predicted octanol–water partition coefficient (Wildman–Crippen LogP) is 2.91. The summed E-state index contributed by atoms with van der Waals surface area (Å²) in [5.41, 5.74) is 5.14. The minimum Gasteiger partial charge on any atom is -0.434 e. The van der Waals surface area contributed by atoms with E-state index in [4.69, 9.17) is 5.73 Å². The maximum absolute atomic E-state index is 12.0. The molecule has 0 unspecified atom stereocenters. The Kier molecular flexibility index (Phi) is 4.04. The smallest absolute Gasteiger partial charge is 0.387 e. The van der Waals surface area contributed by atoms with E-state index in [1.807, 2.05) is 0 Å². The normalized spacial score (nSPS) is 10.5. The molecule has 0 aromatic heterocycles. The molecule has 1 aromatic rings. The Morgan fingerprint density at radius 3 is 2.47 bits per heavy atom. The molecule has 0 bridgehead atoms. The van der Waals surface area contributed by atoms with Crippen molar-refractivity contribution in [1.82, 2.24) is 0 Å². The zero-order valence-electron chi connectivity index (χ0n) is 7.14. The van der Waals surface area contributed by atoms with E-state index in [9.17, 15) is 13.6 Å². The lowest BCUT2D eigenvalue weighted by Gasteiger charge is -2.10. The summed E-state index contributed by atoms with van der Waals surface area (Å²) in [5.74, 6) is -0.879. The van der Waals surface area contributed by atoms with E-state index < -0.39 is 12.5 Å². The molecule has 0 radical (unpaired) electrons. The third-order valence-electron chi connectivity index (χ3n) is 1.52. The first-order valence-electron chi connectivity index (χ1n) is 3.66. The van der Waals surface area contributed by atoms with Crippen LogP contribution in [0.2, 0.25) is 0 Å². The van der Waals surface area contributed by atoms with Crippen LogP contribution in [0.25, 0.3) is 0 Å². The third kappa shape index (κ3) is 2.88. The molecule has 7 heteroatoms. The van der Waals surface area contributed by atoms with E-state index >= 15 is 0 Å². The number of hydrogen-bond donors (Lipinski definition) is 1. The molecule has 0 aliphatic carbocycles. The van der Waals surface area contributed by atoms with Crippen LogP contribution in [0, 0.1) is 0 Å². The molecule has 0 aliphatic rings. The lowest BCUT2D eigenvalue weighted by molar-refractivity contribution is -0.0504. The monoisotopic (exact) mass is 343 g/mol. The first kappa shape index (κ1) is 12.4. The first-order valence-corrected chi connectivity index (χ1v) is 5.24. The molecule has 82 valence electrons. The van der Waals surface area contributed by atoms with Crippen molar-refractivity contribution in [3.63, 3.8) is 0 Å². The number of rotatable bonds is 3. The highest BCUT2D eigenvalue weighted by atomic mass is 79.9. The number of benzene rings is 1. The minimum atomic E-state index is -2.96. The van der Waals surface area contributed by atoms with Gasteiger partial charge in [-0.05, 0) is 44.0 Å². The number of hydrogen-bond acceptors (Lipinski definition) is 2. The van der Waals surface area contributed by atoms with E-state index in [0.717, 1.165) is 0 Å². The summed E-state index contributed by atoms with van der Waals surface area (Å²) >= 11 is 6.05. The SMILES string of the molecule is NC(=O)c1c(Br)ccc(OC(F)F)c1Br. The lowest BCUT2D eigenvalue weighted by atomic mass is 10.2. The zero-order valence-corrected chi connectivity index (χ0v) is 10.3. The van der Waals surface area contributed by atoms with Gasteiger partial charge in [0.1, 0.15) is 5.75 Å². The summed E-state index contributed by atoms with van der Waals surface area (Å²) in [7, 11) is 0. The molecule has 15 heavy (non-hydrogen) atoms. The average Bonchev–Trinajstić information content (AvgIpc) is 2.09. The Morgan fingerprint density at radius 1 is 1.40 bits per heavy atom. The number of amides is 1. The Hall–Kier alpha value is -0.690. The van der Waals surface area contributed by atoms with Crippen molar-refractivity contribution in [3.05, 3.63) is 26.6 Å². The number of carbonyl (C=O) groups excluding carboxylic acids is 1. The van der Waals surface area contributed by atoms with Crippen molar-refractivity contribution in [2.45, 2.75) is 6.61 Å². The van der Waals surface area contributed by atoms with Crippen molar-refractivity contribution in [3.8, 4) is 5.75 Å². The van der Waals surface area contributed by atoms with Crippen LogP contribution < -0.4 is 10.5 Å². The number of nitrogens with two attached hydrogens (primary N) is 1. The average molecular weight is 345 g/mol. The minimum absolute atomic E-state index is 0.0631. The van der Waals surface area contributed by atoms with Crippen molar-refractivity contribution < 1.29 is 18.3 Å². The summed E-state index contributed by atoms with van der Waals surface area (Å²) in [6.07, 6.45) is 0. The fourth-order valence-corrected chi connectivity index (χ4v) is 2.37. The van der Waals surface area contributed by atoms with E-state index in [2.05, 4.69) is 36.6 Å². The maximum Gasteiger partial charge on any atom is 0.387 e. The molecule has 0 fully saturated rings. The molecular formula is C8H5Br2F2NO2. The van der Waals surface area contributed by atoms with E-state index in [-0.39, 0.29) is 15.8 Å². The van der Waals surface area contributed by atoms with E-state index in [1.54, 1.807) is 0 Å². The standard InChI is InChI=1S/C8H5Br2F2NO2/c9-3-1-2-4(15-8(11)12)6(10)5(3)7(13)14/h1-2,8H,(H2,13,14). The van der Waals surface area contributed by atoms with Gasteiger partial charge in [0, 0.05) is 4.47 Å². The van der Waals surface area contributed by atoms with E-state index in [1.165, 1.54) is 12.1 Å². The molecule has 0 spiro atoms. The van der Waals surface area contributed by atoms with Gasteiger partial charge >= 0.3 is 6.61 Å². The lowest BCUT2D eigenvalue weighted by Crippen LogP contribution is -2.13. The number of alkyl halides is 2. The van der Waals surface area contributed by atoms with Crippen LogP contribution >= 0.6 is 31.9 Å². The van der Waals surface area contributed by atoms with Gasteiger partial charge in [0.25, 0.3) is 5.91 Å². The quantitative estimate of drug-likeness (QED) is 0.916. The maximum atomic E-state index is 12.0. The Labute approximate surface area is 101 Å². The van der Waals surface area contributed by atoms with E-state index in [0.29, 0.717) is 4.47 Å². The fourth-order valence-electron chi connectivity index (χ4n) is 0.946. The van der Waals surface area contributed by atoms with Crippen LogP contribution in [0.15, 0.2) is 21.1 Å². The largest absolute Gasteiger partial charge is 0.434 e. The summed E-state index contributed by atoms with van der Waals surface area (Å²) in [5, 5.41) is 0. The van der Waals surface area contributed by atoms with Gasteiger partial charge in [0.05, 0.1) is 10.0 Å². The third-order valence-corrected chi connectivity index (χ3v) is 2.97. The molecule has 0 atom stereocenters. The number of primary amides is 1. The fraction of sp³-hybridized carbons (Fsp3) is 0.125. The van der Waals surface area contributed by atoms with Gasteiger partial charge < -0.3 is 10.5 Å². The molecule has 0 saturated heterocycles. The Morgan fingerprint density at radius 2 is 2.00 bits per heavy atom. The molecule has 0 heterocycles. The van der Waals surface area contributed by atoms with Gasteiger partial charge in [0.2, 0.25) is 0 Å². The molecule has 1 aromatic carbocycles. The Balaban J connectivity index is 3.22. The first-order chi connectivity index (χ1) is 6.93. The van der Waals surface area contributed by atoms with Gasteiger partial charge in [-0.15, -0.1) is 0 Å². The number of halogens is 4. The van der Waals surface area contributed by atoms with Crippen LogP contribution in [-0.2, 0) is 0 Å². The van der Waals surface area contributed by atoms with Crippen molar-refractivity contribution in [2.75, 3.05) is 0 Å². The Bertz CT molecular complexity index is 398. The van der Waals surface area contributed by atoms with Crippen molar-refractivity contribution in [2.24, 2.45) is 5.73 Å². The number of carbonyl (C=O) groups is 1. The van der Waals surface area contributed by atoms with Crippen LogP contribution in [0.4, 0.5) is 8.78 Å². The second-order valence-corrected chi connectivity index (χ2v) is 4.12. The number of ether oxygens (including phenoxy) is 1. The summed E-state index contributed by atoms with van der Waals surface area (Å²) in [4.78, 5) is 11.0. The van der Waals surface area contributed by atoms with Crippen molar-refractivity contribution >= 4 is 37.8 Å². The summed E-state index contributed by atoms with van der Waals surface area (Å²) in [6.45, 7) is -2.96. The van der Waals surface area contributed by atoms with Crippen LogP contribution in [0.1, 0.15) is 10.4 Å². The molecule has 0 aliphatic heterocycles. The highest BCUT2D eigenvalue weighted by Gasteiger charge is 2.17. The zero-order chi connectivity index (χ0) is 11.6. The summed E-state index contributed by atoms with van der Waals surface area (Å²) < 4.78 is 28.6. The predicted molar refractivity (Wildman–Crippen MR) is 57.0 cm³/mol. The highest BCUT2D eigenvalue weighted by molar-refractivity contribution is 9.11. The van der Waals surface area contributed by atoms with Crippen molar-refractivity contribution in [1.29, 1.82) is 0 Å². The summed E-state index contributed by atoms with van der Waals surface area (Å²) in [6, 6.07) is 2.70. The van der Waals surface area contributed by atoms with Gasteiger partial charge in [0.15, 0.2) is 0 Å². The van der Waals surface area contributed by atoms with Crippen LogP contribution in [-0.4, -0.2) is 12.5 Å². The second-order valence-electron chi connectivity index (χ2n) is 2.48. The van der Waals surface area contributed by atoms with Gasteiger partial charge in [-0.2, -0.15) is 8.78 Å². The topological polar surface area (TPSA) is 52.3 Å². The van der Waals surface area contributed by atoms with Gasteiger partial charge in [-0.25, -0.2) is 0 Å². The molecule has 1 rings (SSSR count). The molecule has 3 nitrogen and oxygen atoms in total. The molecule has 0 saturated carbocycles. The molecular weight excluding hydrogens is 340 g/mol. The second kappa shape index (κ2) is 4.89. The van der Waals surface area contributed by atoms with Gasteiger partial charge in [-0.3, -0.25) is 4.79 Å². The highest BCUT2D eigenvalue weighted by Crippen LogP contribution is 2.34. The molecule has 2 N–H and O–H groups in total. The van der Waals surface area contributed by atoms with Crippen LogP contribution in [0.3, 0.4) is 0 Å².